The van der Waals surface area contributed by atoms with E-state index in [4.69, 9.17) is 5.11 Å². The molecule has 0 saturated heterocycles. The Morgan fingerprint density at radius 1 is 0.641 bits per heavy atom. The van der Waals surface area contributed by atoms with Crippen LogP contribution in [0.15, 0.2) is 128 Å². The Bertz CT molecular complexity index is 1110. The van der Waals surface area contributed by atoms with Gasteiger partial charge in [-0.25, -0.2) is 0 Å². The van der Waals surface area contributed by atoms with Crippen molar-refractivity contribution in [3.63, 3.8) is 0 Å². The van der Waals surface area contributed by atoms with E-state index in [1.807, 2.05) is 103 Å². The van der Waals surface area contributed by atoms with Gasteiger partial charge in [0.1, 0.15) is 0 Å². The van der Waals surface area contributed by atoms with Gasteiger partial charge in [-0.2, -0.15) is 0 Å². The predicted octanol–water partition coefficient (Wildman–Crippen LogP) is 6.85. The van der Waals surface area contributed by atoms with Gasteiger partial charge in [0.25, 0.3) is 0 Å². The molecule has 3 aromatic carbocycles. The van der Waals surface area contributed by atoms with E-state index in [0.717, 1.165) is 35.4 Å². The maximum atomic E-state index is 9.52. The number of pyridine rings is 2. The number of aliphatic hydroxyl groups excluding tert-OH is 2. The first-order valence-electron chi connectivity index (χ1n) is 12.8. The van der Waals surface area contributed by atoms with E-state index in [1.54, 1.807) is 19.3 Å². The molecule has 0 fully saturated rings. The summed E-state index contributed by atoms with van der Waals surface area (Å²) in [7, 11) is 0. The van der Waals surface area contributed by atoms with Crippen LogP contribution in [-0.2, 0) is 26.5 Å². The number of hydrogen-bond acceptors (Lipinski definition) is 4. The monoisotopic (exact) mass is 695 g/mol. The summed E-state index contributed by atoms with van der Waals surface area (Å²) in [6.07, 6.45) is 4.82. The van der Waals surface area contributed by atoms with E-state index in [0.29, 0.717) is 6.42 Å². The summed E-state index contributed by atoms with van der Waals surface area (Å²) >= 11 is 0. The van der Waals surface area contributed by atoms with Gasteiger partial charge in [0.05, 0.1) is 12.2 Å². The second-order valence-corrected chi connectivity index (χ2v) is 8.75. The quantitative estimate of drug-likeness (QED) is 0.183. The minimum absolute atomic E-state index is 0. The molecule has 203 valence electrons. The van der Waals surface area contributed by atoms with Crippen molar-refractivity contribution in [3.8, 4) is 22.5 Å². The summed E-state index contributed by atoms with van der Waals surface area (Å²) in [6, 6.07) is 43.7. The van der Waals surface area contributed by atoms with Gasteiger partial charge in [0, 0.05) is 32.5 Å². The molecule has 5 aromatic rings. The van der Waals surface area contributed by atoms with Gasteiger partial charge in [-0.15, -0.1) is 71.8 Å². The van der Waals surface area contributed by atoms with Crippen molar-refractivity contribution in [3.05, 3.63) is 145 Å². The molecular weight excluding hydrogens is 661 g/mol. The summed E-state index contributed by atoms with van der Waals surface area (Å²) in [4.78, 5) is 8.44. The maximum absolute atomic E-state index is 9.52. The average Bonchev–Trinajstić information content (AvgIpc) is 2.99. The summed E-state index contributed by atoms with van der Waals surface area (Å²) in [5, 5.41) is 18.6. The molecule has 2 heterocycles. The fourth-order valence-corrected chi connectivity index (χ4v) is 3.64. The van der Waals surface area contributed by atoms with Gasteiger partial charge in [-0.1, -0.05) is 54.6 Å². The number of aryl methyl sites for hydroxylation is 1. The van der Waals surface area contributed by atoms with Gasteiger partial charge < -0.3 is 20.2 Å². The molecule has 2 N–H and O–H groups in total. The fraction of sp³-hybridized carbons (Fsp3) is 0.176. The Hall–Kier alpha value is -3.47. The smallest absolute Gasteiger partial charge is 0.0567 e. The van der Waals surface area contributed by atoms with Crippen LogP contribution >= 0.6 is 0 Å². The van der Waals surface area contributed by atoms with Crippen molar-refractivity contribution in [2.24, 2.45) is 0 Å². The van der Waals surface area contributed by atoms with Crippen LogP contribution in [0.4, 0.5) is 0 Å². The van der Waals surface area contributed by atoms with E-state index < -0.39 is 12.2 Å². The van der Waals surface area contributed by atoms with E-state index >= 15 is 0 Å². The Kier molecular flexibility index (Phi) is 15.2. The van der Waals surface area contributed by atoms with Crippen LogP contribution in [0, 0.1) is 12.1 Å². The van der Waals surface area contributed by atoms with E-state index in [-0.39, 0.29) is 20.1 Å². The Morgan fingerprint density at radius 3 is 1.54 bits per heavy atom. The fourth-order valence-electron chi connectivity index (χ4n) is 3.64. The van der Waals surface area contributed by atoms with Crippen molar-refractivity contribution in [2.45, 2.75) is 38.4 Å². The third-order valence-electron chi connectivity index (χ3n) is 5.52. The second kappa shape index (κ2) is 18.7. The van der Waals surface area contributed by atoms with Crippen molar-refractivity contribution < 1.29 is 30.3 Å². The Balaban J connectivity index is 0.000000203. The molecule has 0 aliphatic heterocycles. The topological polar surface area (TPSA) is 66.2 Å². The molecule has 5 heteroatoms. The molecule has 0 aliphatic carbocycles. The number of nitrogens with zero attached hydrogens (tertiary/aromatic N) is 2. The largest absolute Gasteiger partial charge is 0.393 e. The Labute approximate surface area is 245 Å². The van der Waals surface area contributed by atoms with E-state index in [1.165, 1.54) is 5.56 Å². The zero-order valence-corrected chi connectivity index (χ0v) is 24.4. The molecule has 2 atom stereocenters. The average molecular weight is 695 g/mol. The number of hydrogen-bond donors (Lipinski definition) is 2. The van der Waals surface area contributed by atoms with Crippen LogP contribution in [0.25, 0.3) is 22.5 Å². The molecular formula is C34H34IrN2O2-2. The van der Waals surface area contributed by atoms with Gasteiger partial charge in [-0.05, 0) is 55.3 Å². The minimum atomic E-state index is -0.416. The van der Waals surface area contributed by atoms with Gasteiger partial charge >= 0.3 is 0 Å². The molecule has 1 radical (unpaired) electrons. The van der Waals surface area contributed by atoms with Crippen LogP contribution in [0.3, 0.4) is 0 Å². The first-order valence-corrected chi connectivity index (χ1v) is 12.8. The van der Waals surface area contributed by atoms with Gasteiger partial charge in [0.15, 0.2) is 0 Å². The van der Waals surface area contributed by atoms with Crippen LogP contribution in [0.1, 0.15) is 25.3 Å². The summed E-state index contributed by atoms with van der Waals surface area (Å²) in [5.74, 6) is 0. The van der Waals surface area contributed by atoms with Crippen LogP contribution < -0.4 is 0 Å². The third-order valence-corrected chi connectivity index (χ3v) is 5.52. The van der Waals surface area contributed by atoms with Gasteiger partial charge in [-0.3, -0.25) is 0 Å². The Morgan fingerprint density at radius 2 is 1.13 bits per heavy atom. The van der Waals surface area contributed by atoms with Crippen molar-refractivity contribution in [1.29, 1.82) is 0 Å². The summed E-state index contributed by atoms with van der Waals surface area (Å²) in [6.45, 7) is 1.70. The van der Waals surface area contributed by atoms with E-state index in [2.05, 4.69) is 34.2 Å². The number of aromatic nitrogens is 2. The first-order chi connectivity index (χ1) is 18.6. The molecule has 0 bridgehead atoms. The molecule has 4 nitrogen and oxygen atoms in total. The second-order valence-electron chi connectivity index (χ2n) is 8.75. The summed E-state index contributed by atoms with van der Waals surface area (Å²) in [5.41, 5.74) is 5.25. The van der Waals surface area contributed by atoms with Crippen molar-refractivity contribution in [1.82, 2.24) is 9.97 Å². The molecule has 5 rings (SSSR count). The molecule has 39 heavy (non-hydrogen) atoms. The molecule has 0 spiro atoms. The SMILES string of the molecule is CC(O)CC(O)CCc1ccccc1.[Ir].[c-]1ccccc1-c1ccccn1.[c-]1ccccc1-c1ccccn1. The number of rotatable bonds is 7. The molecule has 0 saturated carbocycles. The molecule has 2 aromatic heterocycles. The normalized spacial score (nSPS) is 11.4. The zero-order valence-electron chi connectivity index (χ0n) is 22.0. The van der Waals surface area contributed by atoms with Gasteiger partial charge in [0.2, 0.25) is 0 Å². The predicted molar refractivity (Wildman–Crippen MR) is 154 cm³/mol. The third kappa shape index (κ3) is 12.8. The maximum Gasteiger partial charge on any atom is 0.0567 e. The zero-order chi connectivity index (χ0) is 26.8. The van der Waals surface area contributed by atoms with Crippen LogP contribution in [-0.4, -0.2) is 32.4 Å². The summed E-state index contributed by atoms with van der Waals surface area (Å²) < 4.78 is 0. The molecule has 2 unspecified atom stereocenters. The van der Waals surface area contributed by atoms with Crippen LogP contribution in [0.2, 0.25) is 0 Å². The van der Waals surface area contributed by atoms with Crippen molar-refractivity contribution in [2.75, 3.05) is 0 Å². The van der Waals surface area contributed by atoms with Crippen molar-refractivity contribution >= 4 is 0 Å². The standard InChI is InChI=1S/C12H18O2.2C11H8N.Ir/c1-10(13)9-12(14)8-7-11-5-3-2-4-6-11;2*1-2-6-10(7-3-1)11-8-4-5-9-12-11;/h2-6,10,12-14H,7-9H2,1H3;2*1-6,8-9H;/q;2*-1;. The number of benzene rings is 3. The van der Waals surface area contributed by atoms with E-state index in [9.17, 15) is 5.11 Å². The molecule has 0 aliphatic rings. The molecule has 0 amide bonds. The first kappa shape index (κ1) is 31.7. The minimum Gasteiger partial charge on any atom is -0.393 e. The van der Waals surface area contributed by atoms with Crippen LogP contribution in [0.5, 0.6) is 0 Å². The number of aliphatic hydroxyl groups is 2.